The Labute approximate surface area is 330 Å². The molecule has 0 saturated carbocycles. The number of rotatable bonds is 6. The van der Waals surface area contributed by atoms with Crippen molar-refractivity contribution in [2.24, 2.45) is 0 Å². The molecule has 0 aliphatic carbocycles. The number of imidazole rings is 1. The lowest BCUT2D eigenvalue weighted by Gasteiger charge is -2.15. The van der Waals surface area contributed by atoms with E-state index in [1.54, 1.807) is 0 Å². The number of pyridine rings is 1. The summed E-state index contributed by atoms with van der Waals surface area (Å²) in [6.07, 6.45) is 2.09. The number of fused-ring (bicyclic) bond motifs is 5. The van der Waals surface area contributed by atoms with Crippen molar-refractivity contribution < 1.29 is 0 Å². The third-order valence-electron chi connectivity index (χ3n) is 11.0. The van der Waals surface area contributed by atoms with Gasteiger partial charge in [-0.15, -0.1) is 0 Å². The highest BCUT2D eigenvalue weighted by atomic mass is 15.0. The molecule has 266 valence electrons. The summed E-state index contributed by atoms with van der Waals surface area (Å²) < 4.78 is 2.18. The van der Waals surface area contributed by atoms with Crippen molar-refractivity contribution in [2.45, 2.75) is 0 Å². The van der Waals surface area contributed by atoms with E-state index in [0.717, 1.165) is 83.3 Å². The third kappa shape index (κ3) is 5.74. The predicted molar refractivity (Wildman–Crippen MR) is 236 cm³/mol. The van der Waals surface area contributed by atoms with E-state index in [1.807, 2.05) is 12.1 Å². The van der Waals surface area contributed by atoms with E-state index in [0.29, 0.717) is 5.82 Å². The SMILES string of the molecule is c1ccc(-c2nc(-c3cc(-c4ccc(-c5nc6ccccn6c5-c5ccccc5)cc4)cc(-c4cccc5ccccc45)c3)nc3c2ccc2ccccc23)cc1. The number of benzene rings is 8. The molecule has 11 aromatic rings. The molecule has 0 unspecified atom stereocenters. The summed E-state index contributed by atoms with van der Waals surface area (Å²) in [5, 5.41) is 5.70. The largest absolute Gasteiger partial charge is 0.299 e. The summed E-state index contributed by atoms with van der Waals surface area (Å²) in [6.45, 7) is 0. The highest BCUT2D eigenvalue weighted by molar-refractivity contribution is 6.10. The molecule has 0 atom stereocenters. The molecule has 0 aliphatic heterocycles. The Morgan fingerprint density at radius 2 is 0.947 bits per heavy atom. The van der Waals surface area contributed by atoms with Gasteiger partial charge >= 0.3 is 0 Å². The Bertz CT molecular complexity index is 3270. The van der Waals surface area contributed by atoms with Gasteiger partial charge in [-0.1, -0.05) is 164 Å². The van der Waals surface area contributed by atoms with Crippen LogP contribution in [0.3, 0.4) is 0 Å². The minimum atomic E-state index is 0.690. The van der Waals surface area contributed by atoms with Gasteiger partial charge < -0.3 is 0 Å². The monoisotopic (exact) mass is 726 g/mol. The molecule has 0 radical (unpaired) electrons. The maximum atomic E-state index is 5.38. The molecule has 0 fully saturated rings. The van der Waals surface area contributed by atoms with Crippen LogP contribution in [0.25, 0.3) is 106 Å². The highest BCUT2D eigenvalue weighted by Gasteiger charge is 2.18. The molecule has 4 heteroatoms. The molecule has 0 amide bonds. The van der Waals surface area contributed by atoms with Gasteiger partial charge in [-0.2, -0.15) is 0 Å². The second kappa shape index (κ2) is 13.6. The standard InChI is InChI=1S/C53H34N4/c1-3-16-38(17-4-1)49-47-30-29-37-15-8-10-22-46(37)51(47)56-53(55-49)43-33-41(32-42(34-43)45-23-13-20-36-14-7-9-21-44(36)45)35-25-27-39(28-26-35)50-52(40-18-5-2-6-19-40)57-31-12-11-24-48(57)54-50/h1-34H. The Balaban J connectivity index is 1.12. The van der Waals surface area contributed by atoms with Crippen molar-refractivity contribution in [3.63, 3.8) is 0 Å². The molecule has 11 rings (SSSR count). The highest BCUT2D eigenvalue weighted by Crippen LogP contribution is 2.39. The maximum Gasteiger partial charge on any atom is 0.160 e. The Kier molecular flexibility index (Phi) is 7.78. The zero-order chi connectivity index (χ0) is 37.7. The van der Waals surface area contributed by atoms with Crippen LogP contribution in [-0.4, -0.2) is 19.4 Å². The van der Waals surface area contributed by atoms with E-state index in [2.05, 4.69) is 199 Å². The normalized spacial score (nSPS) is 11.5. The molecule has 3 heterocycles. The van der Waals surface area contributed by atoms with Crippen molar-refractivity contribution in [3.05, 3.63) is 206 Å². The number of hydrogen-bond donors (Lipinski definition) is 0. The van der Waals surface area contributed by atoms with E-state index in [-0.39, 0.29) is 0 Å². The van der Waals surface area contributed by atoms with E-state index in [9.17, 15) is 0 Å². The Morgan fingerprint density at radius 1 is 0.333 bits per heavy atom. The second-order valence-electron chi connectivity index (χ2n) is 14.5. The second-order valence-corrected chi connectivity index (χ2v) is 14.5. The van der Waals surface area contributed by atoms with Crippen LogP contribution in [0.4, 0.5) is 0 Å². The van der Waals surface area contributed by atoms with Crippen LogP contribution in [0.15, 0.2) is 206 Å². The van der Waals surface area contributed by atoms with Crippen molar-refractivity contribution >= 4 is 38.1 Å². The van der Waals surface area contributed by atoms with Gasteiger partial charge in [0.15, 0.2) is 5.82 Å². The molecule has 0 N–H and O–H groups in total. The summed E-state index contributed by atoms with van der Waals surface area (Å²) in [5.74, 6) is 0.690. The van der Waals surface area contributed by atoms with Crippen LogP contribution in [0.2, 0.25) is 0 Å². The lowest BCUT2D eigenvalue weighted by molar-refractivity contribution is 1.19. The summed E-state index contributed by atoms with van der Waals surface area (Å²) in [7, 11) is 0. The molecule has 3 aromatic heterocycles. The van der Waals surface area contributed by atoms with Crippen molar-refractivity contribution in [2.75, 3.05) is 0 Å². The van der Waals surface area contributed by atoms with Gasteiger partial charge in [-0.05, 0) is 74.8 Å². The zero-order valence-corrected chi connectivity index (χ0v) is 30.9. The quantitative estimate of drug-likeness (QED) is 0.160. The van der Waals surface area contributed by atoms with E-state index in [4.69, 9.17) is 15.0 Å². The number of hydrogen-bond acceptors (Lipinski definition) is 3. The van der Waals surface area contributed by atoms with Gasteiger partial charge in [0.2, 0.25) is 0 Å². The molecule has 0 aliphatic rings. The van der Waals surface area contributed by atoms with Crippen molar-refractivity contribution in [1.82, 2.24) is 19.4 Å². The minimum Gasteiger partial charge on any atom is -0.299 e. The first-order chi connectivity index (χ1) is 28.2. The van der Waals surface area contributed by atoms with E-state index >= 15 is 0 Å². The molecule has 57 heavy (non-hydrogen) atoms. The van der Waals surface area contributed by atoms with Crippen LogP contribution >= 0.6 is 0 Å². The summed E-state index contributed by atoms with van der Waals surface area (Å²) in [4.78, 5) is 15.9. The van der Waals surface area contributed by atoms with Gasteiger partial charge in [-0.25, -0.2) is 15.0 Å². The van der Waals surface area contributed by atoms with Crippen LogP contribution in [0, 0.1) is 0 Å². The lowest BCUT2D eigenvalue weighted by atomic mass is 9.92. The Morgan fingerprint density at radius 3 is 1.75 bits per heavy atom. The van der Waals surface area contributed by atoms with Gasteiger partial charge in [0.25, 0.3) is 0 Å². The van der Waals surface area contributed by atoms with Gasteiger partial charge in [-0.3, -0.25) is 4.40 Å². The predicted octanol–water partition coefficient (Wildman–Crippen LogP) is 13.6. The Hall–Kier alpha value is -7.69. The van der Waals surface area contributed by atoms with Crippen LogP contribution in [-0.2, 0) is 0 Å². The molecule has 0 bridgehead atoms. The average Bonchev–Trinajstić information content (AvgIpc) is 3.69. The first kappa shape index (κ1) is 32.7. The fourth-order valence-electron chi connectivity index (χ4n) is 8.25. The molecular weight excluding hydrogens is 693 g/mol. The van der Waals surface area contributed by atoms with E-state index < -0.39 is 0 Å². The van der Waals surface area contributed by atoms with Crippen LogP contribution in [0.1, 0.15) is 0 Å². The van der Waals surface area contributed by atoms with Gasteiger partial charge in [0.05, 0.1) is 22.6 Å². The summed E-state index contributed by atoms with van der Waals surface area (Å²) >= 11 is 0. The smallest absolute Gasteiger partial charge is 0.160 e. The van der Waals surface area contributed by atoms with E-state index in [1.165, 1.54) is 16.3 Å². The number of nitrogens with zero attached hydrogens (tertiary/aromatic N) is 4. The summed E-state index contributed by atoms with van der Waals surface area (Å²) in [5.41, 5.74) is 13.5. The lowest BCUT2D eigenvalue weighted by Crippen LogP contribution is -1.97. The maximum absolute atomic E-state index is 5.38. The molecular formula is C53H34N4. The molecule has 4 nitrogen and oxygen atoms in total. The average molecular weight is 727 g/mol. The first-order valence-electron chi connectivity index (χ1n) is 19.3. The third-order valence-corrected chi connectivity index (χ3v) is 11.0. The van der Waals surface area contributed by atoms with Crippen molar-refractivity contribution in [1.29, 1.82) is 0 Å². The first-order valence-corrected chi connectivity index (χ1v) is 19.3. The van der Waals surface area contributed by atoms with Gasteiger partial charge in [0, 0.05) is 39.2 Å². The minimum absolute atomic E-state index is 0.690. The van der Waals surface area contributed by atoms with Crippen LogP contribution in [0.5, 0.6) is 0 Å². The fraction of sp³-hybridized carbons (Fsp3) is 0. The van der Waals surface area contributed by atoms with Crippen molar-refractivity contribution in [3.8, 4) is 67.4 Å². The summed E-state index contributed by atoms with van der Waals surface area (Å²) in [6, 6.07) is 70.7. The zero-order valence-electron chi connectivity index (χ0n) is 30.9. The van der Waals surface area contributed by atoms with Gasteiger partial charge in [0.1, 0.15) is 5.65 Å². The topological polar surface area (TPSA) is 43.1 Å². The van der Waals surface area contributed by atoms with Crippen LogP contribution < -0.4 is 0 Å². The molecule has 8 aromatic carbocycles. The number of aromatic nitrogens is 4. The fourth-order valence-corrected chi connectivity index (χ4v) is 8.25. The molecule has 0 saturated heterocycles. The molecule has 0 spiro atoms.